The lowest BCUT2D eigenvalue weighted by Gasteiger charge is -2.14. The van der Waals surface area contributed by atoms with E-state index in [1.807, 2.05) is 19.1 Å². The third-order valence-corrected chi connectivity index (χ3v) is 5.55. The average molecular weight is 471 g/mol. The Kier molecular flexibility index (Phi) is 7.39. The number of hydrogen-bond acceptors (Lipinski definition) is 7. The maximum absolute atomic E-state index is 12.7. The molecule has 9 nitrogen and oxygen atoms in total. The average Bonchev–Trinajstić information content (AvgIpc) is 3.03. The number of ether oxygens (including phenoxy) is 2. The Labute approximate surface area is 194 Å². The maximum atomic E-state index is 12.7. The normalized spacial score (nSPS) is 15.5. The van der Waals surface area contributed by atoms with E-state index in [4.69, 9.17) is 14.6 Å². The lowest BCUT2D eigenvalue weighted by molar-refractivity contribution is -0.144. The van der Waals surface area contributed by atoms with Crippen LogP contribution in [0.25, 0.3) is 6.08 Å². The molecule has 1 saturated heterocycles. The van der Waals surface area contributed by atoms with Gasteiger partial charge in [-0.05, 0) is 61.5 Å². The highest BCUT2D eigenvalue weighted by atomic mass is 32.2. The first-order chi connectivity index (χ1) is 15.7. The van der Waals surface area contributed by atoms with Crippen LogP contribution >= 0.6 is 11.8 Å². The highest BCUT2D eigenvalue weighted by Gasteiger charge is 2.36. The maximum Gasteiger partial charge on any atom is 0.344 e. The van der Waals surface area contributed by atoms with E-state index in [0.717, 1.165) is 22.2 Å². The SMILES string of the molecule is COc1cc(/C=C2\SC(=O)N(CC(=O)Nc3ccc(C)cc3)C2=O)ccc1O[C@H](C)C(=O)O. The number of carbonyl (C=O) groups excluding carboxylic acids is 3. The molecule has 0 radical (unpaired) electrons. The molecule has 33 heavy (non-hydrogen) atoms. The molecule has 1 heterocycles. The molecule has 172 valence electrons. The third kappa shape index (κ3) is 5.92. The van der Waals surface area contributed by atoms with Crippen molar-refractivity contribution < 1.29 is 33.8 Å². The molecule has 0 saturated carbocycles. The molecule has 0 aliphatic carbocycles. The molecule has 0 bridgehead atoms. The van der Waals surface area contributed by atoms with E-state index in [1.54, 1.807) is 24.3 Å². The Hall–Kier alpha value is -3.79. The van der Waals surface area contributed by atoms with Crippen LogP contribution < -0.4 is 14.8 Å². The van der Waals surface area contributed by atoms with Gasteiger partial charge < -0.3 is 19.9 Å². The number of benzene rings is 2. The lowest BCUT2D eigenvalue weighted by atomic mass is 10.1. The number of anilines is 1. The van der Waals surface area contributed by atoms with E-state index in [-0.39, 0.29) is 16.4 Å². The summed E-state index contributed by atoms with van der Waals surface area (Å²) in [5, 5.41) is 11.1. The molecule has 3 amide bonds. The fourth-order valence-corrected chi connectivity index (χ4v) is 3.72. The van der Waals surface area contributed by atoms with Crippen molar-refractivity contribution in [2.45, 2.75) is 20.0 Å². The van der Waals surface area contributed by atoms with Crippen molar-refractivity contribution in [3.05, 3.63) is 58.5 Å². The van der Waals surface area contributed by atoms with Gasteiger partial charge in [0.2, 0.25) is 5.91 Å². The van der Waals surface area contributed by atoms with Crippen molar-refractivity contribution in [3.8, 4) is 11.5 Å². The molecule has 2 aromatic rings. The lowest BCUT2D eigenvalue weighted by Crippen LogP contribution is -2.36. The first kappa shape index (κ1) is 23.9. The molecule has 1 aliphatic heterocycles. The van der Waals surface area contributed by atoms with Crippen molar-refractivity contribution in [2.24, 2.45) is 0 Å². The van der Waals surface area contributed by atoms with Crippen LogP contribution in [0.3, 0.4) is 0 Å². The fraction of sp³-hybridized carbons (Fsp3) is 0.217. The van der Waals surface area contributed by atoms with Gasteiger partial charge in [0.05, 0.1) is 12.0 Å². The number of carbonyl (C=O) groups is 4. The number of methoxy groups -OCH3 is 1. The van der Waals surface area contributed by atoms with Crippen LogP contribution in [0.4, 0.5) is 10.5 Å². The molecule has 0 unspecified atom stereocenters. The van der Waals surface area contributed by atoms with Crippen LogP contribution in [0.5, 0.6) is 11.5 Å². The predicted octanol–water partition coefficient (Wildman–Crippen LogP) is 3.53. The molecular weight excluding hydrogens is 448 g/mol. The summed E-state index contributed by atoms with van der Waals surface area (Å²) < 4.78 is 10.6. The van der Waals surface area contributed by atoms with Gasteiger partial charge in [0.1, 0.15) is 6.54 Å². The van der Waals surface area contributed by atoms with Crippen molar-refractivity contribution in [1.29, 1.82) is 0 Å². The van der Waals surface area contributed by atoms with Crippen molar-refractivity contribution >= 4 is 46.5 Å². The van der Waals surface area contributed by atoms with E-state index in [0.29, 0.717) is 11.3 Å². The number of hydrogen-bond donors (Lipinski definition) is 2. The minimum Gasteiger partial charge on any atom is -0.493 e. The van der Waals surface area contributed by atoms with Crippen molar-refractivity contribution in [2.75, 3.05) is 19.0 Å². The Morgan fingerprint density at radius 3 is 2.48 bits per heavy atom. The van der Waals surface area contributed by atoms with Crippen LogP contribution in [-0.2, 0) is 14.4 Å². The molecule has 10 heteroatoms. The number of aryl methyl sites for hydroxylation is 1. The zero-order valence-electron chi connectivity index (χ0n) is 18.2. The van der Waals surface area contributed by atoms with Gasteiger partial charge in [-0.15, -0.1) is 0 Å². The van der Waals surface area contributed by atoms with Gasteiger partial charge in [0.25, 0.3) is 11.1 Å². The summed E-state index contributed by atoms with van der Waals surface area (Å²) in [6, 6.07) is 11.8. The van der Waals surface area contributed by atoms with Crippen LogP contribution in [-0.4, -0.2) is 52.8 Å². The summed E-state index contributed by atoms with van der Waals surface area (Å²) >= 11 is 0.728. The van der Waals surface area contributed by atoms with Crippen molar-refractivity contribution in [3.63, 3.8) is 0 Å². The van der Waals surface area contributed by atoms with Gasteiger partial charge in [-0.1, -0.05) is 23.8 Å². The van der Waals surface area contributed by atoms with Gasteiger partial charge >= 0.3 is 5.97 Å². The van der Waals surface area contributed by atoms with E-state index in [9.17, 15) is 19.2 Å². The Balaban J connectivity index is 1.71. The molecule has 2 aromatic carbocycles. The summed E-state index contributed by atoms with van der Waals surface area (Å²) in [5.74, 6) is -1.69. The van der Waals surface area contributed by atoms with E-state index < -0.39 is 35.7 Å². The van der Waals surface area contributed by atoms with Gasteiger partial charge in [0, 0.05) is 5.69 Å². The minimum atomic E-state index is -1.12. The molecule has 1 atom stereocenters. The van der Waals surface area contributed by atoms with Gasteiger partial charge in [-0.3, -0.25) is 19.3 Å². The second-order valence-corrected chi connectivity index (χ2v) is 8.18. The third-order valence-electron chi connectivity index (χ3n) is 4.65. The summed E-state index contributed by atoms with van der Waals surface area (Å²) in [7, 11) is 1.40. The second kappa shape index (κ2) is 10.2. The molecular formula is C23H22N2O7S. The second-order valence-electron chi connectivity index (χ2n) is 7.19. The van der Waals surface area contributed by atoms with E-state index in [2.05, 4.69) is 5.32 Å². The van der Waals surface area contributed by atoms with E-state index in [1.165, 1.54) is 26.2 Å². The highest BCUT2D eigenvalue weighted by molar-refractivity contribution is 8.18. The summed E-state index contributed by atoms with van der Waals surface area (Å²) in [6.45, 7) is 2.91. The van der Waals surface area contributed by atoms with Gasteiger partial charge in [-0.2, -0.15) is 0 Å². The number of thioether (sulfide) groups is 1. The topological polar surface area (TPSA) is 122 Å². The van der Waals surface area contributed by atoms with Gasteiger partial charge in [-0.25, -0.2) is 4.79 Å². The van der Waals surface area contributed by atoms with Crippen LogP contribution in [0, 0.1) is 6.92 Å². The molecule has 3 rings (SSSR count). The smallest absolute Gasteiger partial charge is 0.344 e. The summed E-state index contributed by atoms with van der Waals surface area (Å²) in [4.78, 5) is 49.4. The number of amides is 3. The zero-order chi connectivity index (χ0) is 24.1. The molecule has 0 aromatic heterocycles. The number of aliphatic carboxylic acids is 1. The minimum absolute atomic E-state index is 0.151. The zero-order valence-corrected chi connectivity index (χ0v) is 19.0. The Bertz CT molecular complexity index is 1130. The summed E-state index contributed by atoms with van der Waals surface area (Å²) in [5.41, 5.74) is 2.15. The number of imide groups is 1. The number of carboxylic acids is 1. The highest BCUT2D eigenvalue weighted by Crippen LogP contribution is 2.34. The molecule has 0 spiro atoms. The van der Waals surface area contributed by atoms with Crippen molar-refractivity contribution in [1.82, 2.24) is 4.90 Å². The van der Waals surface area contributed by atoms with E-state index >= 15 is 0 Å². The van der Waals surface area contributed by atoms with Gasteiger partial charge in [0.15, 0.2) is 17.6 Å². The quantitative estimate of drug-likeness (QED) is 0.562. The first-order valence-electron chi connectivity index (χ1n) is 9.87. The Morgan fingerprint density at radius 1 is 1.15 bits per heavy atom. The van der Waals surface area contributed by atoms with Crippen LogP contribution in [0.2, 0.25) is 0 Å². The Morgan fingerprint density at radius 2 is 1.85 bits per heavy atom. The summed E-state index contributed by atoms with van der Waals surface area (Å²) in [6.07, 6.45) is 0.419. The molecule has 1 fully saturated rings. The standard InChI is InChI=1S/C23H22N2O7S/c1-13-4-7-16(8-5-13)24-20(26)12-25-21(27)19(33-23(25)30)11-15-6-9-17(18(10-15)31-3)32-14(2)22(28)29/h4-11,14H,12H2,1-3H3,(H,24,26)(H,28,29)/b19-11-/t14-/m1/s1. The largest absolute Gasteiger partial charge is 0.493 e. The number of carboxylic acid groups (broad SMARTS) is 1. The van der Waals surface area contributed by atoms with Crippen LogP contribution in [0.1, 0.15) is 18.1 Å². The number of nitrogens with one attached hydrogen (secondary N) is 1. The predicted molar refractivity (Wildman–Crippen MR) is 123 cm³/mol. The molecule has 2 N–H and O–H groups in total. The fourth-order valence-electron chi connectivity index (χ4n) is 2.88. The number of rotatable bonds is 8. The molecule has 1 aliphatic rings. The monoisotopic (exact) mass is 470 g/mol. The number of nitrogens with zero attached hydrogens (tertiary/aromatic N) is 1. The first-order valence-corrected chi connectivity index (χ1v) is 10.7. The van der Waals surface area contributed by atoms with Crippen LogP contribution in [0.15, 0.2) is 47.4 Å².